The van der Waals surface area contributed by atoms with Crippen LogP contribution < -0.4 is 4.74 Å². The Morgan fingerprint density at radius 3 is 2.48 bits per heavy atom. The predicted molar refractivity (Wildman–Crippen MR) is 95.8 cm³/mol. The van der Waals surface area contributed by atoms with Crippen molar-refractivity contribution in [1.82, 2.24) is 0 Å². The van der Waals surface area contributed by atoms with Crippen LogP contribution in [0.25, 0.3) is 0 Å². The Labute approximate surface area is 140 Å². The van der Waals surface area contributed by atoms with E-state index in [0.717, 1.165) is 23.3 Å². The SMILES string of the molecule is COc1ccccc1CC(CBr)CCSc1ccccc1. The van der Waals surface area contributed by atoms with Gasteiger partial charge in [0, 0.05) is 10.2 Å². The summed E-state index contributed by atoms with van der Waals surface area (Å²) in [5, 5.41) is 1.03. The number of halogens is 1. The van der Waals surface area contributed by atoms with Gasteiger partial charge in [-0.2, -0.15) is 0 Å². The second-order valence-corrected chi connectivity index (χ2v) is 6.80. The Kier molecular flexibility index (Phi) is 7.17. The monoisotopic (exact) mass is 364 g/mol. The van der Waals surface area contributed by atoms with Crippen molar-refractivity contribution in [2.45, 2.75) is 17.7 Å². The molecule has 0 amide bonds. The van der Waals surface area contributed by atoms with Gasteiger partial charge in [-0.1, -0.05) is 52.3 Å². The molecule has 0 bridgehead atoms. The third-order valence-corrected chi connectivity index (χ3v) is 5.42. The molecule has 0 aliphatic carbocycles. The lowest BCUT2D eigenvalue weighted by Gasteiger charge is -2.16. The lowest BCUT2D eigenvalue weighted by atomic mass is 9.98. The van der Waals surface area contributed by atoms with Gasteiger partial charge >= 0.3 is 0 Å². The van der Waals surface area contributed by atoms with Crippen LogP contribution in [0.15, 0.2) is 59.5 Å². The molecule has 0 saturated carbocycles. The van der Waals surface area contributed by atoms with Crippen LogP contribution in [0.3, 0.4) is 0 Å². The molecule has 0 N–H and O–H groups in total. The standard InChI is InChI=1S/C18H21BrOS/c1-20-18-10-6-5-7-16(18)13-15(14-19)11-12-21-17-8-3-2-4-9-17/h2-10,15H,11-14H2,1H3. The molecular weight excluding hydrogens is 344 g/mol. The van der Waals surface area contributed by atoms with Crippen LogP contribution in [0, 0.1) is 5.92 Å². The number of hydrogen-bond acceptors (Lipinski definition) is 2. The highest BCUT2D eigenvalue weighted by Gasteiger charge is 2.11. The molecule has 1 unspecified atom stereocenters. The van der Waals surface area contributed by atoms with E-state index in [-0.39, 0.29) is 0 Å². The first-order valence-corrected chi connectivity index (χ1v) is 9.30. The zero-order valence-corrected chi connectivity index (χ0v) is 14.7. The summed E-state index contributed by atoms with van der Waals surface area (Å²) >= 11 is 5.59. The summed E-state index contributed by atoms with van der Waals surface area (Å²) in [7, 11) is 1.74. The molecule has 0 aliphatic heterocycles. The summed E-state index contributed by atoms with van der Waals surface area (Å²) in [6.07, 6.45) is 2.26. The van der Waals surface area contributed by atoms with Gasteiger partial charge in [0.2, 0.25) is 0 Å². The molecule has 0 spiro atoms. The quantitative estimate of drug-likeness (QED) is 0.456. The minimum atomic E-state index is 0.637. The van der Waals surface area contributed by atoms with E-state index in [1.807, 2.05) is 23.9 Å². The van der Waals surface area contributed by atoms with E-state index in [0.29, 0.717) is 5.92 Å². The Balaban J connectivity index is 1.85. The molecule has 2 aromatic rings. The number of hydrogen-bond donors (Lipinski definition) is 0. The number of thioether (sulfide) groups is 1. The van der Waals surface area contributed by atoms with Crippen molar-refractivity contribution < 1.29 is 4.74 Å². The van der Waals surface area contributed by atoms with Gasteiger partial charge in [0.15, 0.2) is 0 Å². The fraction of sp³-hybridized carbons (Fsp3) is 0.333. The first-order chi connectivity index (χ1) is 10.3. The van der Waals surface area contributed by atoms with Gasteiger partial charge in [0.05, 0.1) is 7.11 Å². The fourth-order valence-corrected chi connectivity index (χ4v) is 3.87. The van der Waals surface area contributed by atoms with E-state index in [1.165, 1.54) is 16.9 Å². The largest absolute Gasteiger partial charge is 0.496 e. The summed E-state index contributed by atoms with van der Waals surface area (Å²) in [6.45, 7) is 0. The number of methoxy groups -OCH3 is 1. The average molecular weight is 365 g/mol. The van der Waals surface area contributed by atoms with Crippen LogP contribution in [0.2, 0.25) is 0 Å². The lowest BCUT2D eigenvalue weighted by Crippen LogP contribution is -2.08. The zero-order chi connectivity index (χ0) is 14.9. The molecule has 21 heavy (non-hydrogen) atoms. The molecule has 0 aromatic heterocycles. The smallest absolute Gasteiger partial charge is 0.122 e. The van der Waals surface area contributed by atoms with Gasteiger partial charge in [-0.3, -0.25) is 0 Å². The van der Waals surface area contributed by atoms with Gasteiger partial charge in [-0.15, -0.1) is 11.8 Å². The molecule has 0 heterocycles. The molecule has 3 heteroatoms. The van der Waals surface area contributed by atoms with E-state index in [2.05, 4.69) is 58.4 Å². The third-order valence-electron chi connectivity index (χ3n) is 3.46. The molecule has 0 aliphatic rings. The molecule has 0 radical (unpaired) electrons. The number of rotatable bonds is 8. The minimum absolute atomic E-state index is 0.637. The molecule has 112 valence electrons. The van der Waals surface area contributed by atoms with E-state index in [9.17, 15) is 0 Å². The van der Waals surface area contributed by atoms with Crippen LogP contribution in [0.4, 0.5) is 0 Å². The Morgan fingerprint density at radius 2 is 1.76 bits per heavy atom. The fourth-order valence-electron chi connectivity index (χ4n) is 2.28. The first kappa shape index (κ1) is 16.4. The zero-order valence-electron chi connectivity index (χ0n) is 12.3. The average Bonchev–Trinajstić information content (AvgIpc) is 2.55. The molecule has 1 nitrogen and oxygen atoms in total. The number of ether oxygens (including phenoxy) is 1. The highest BCUT2D eigenvalue weighted by molar-refractivity contribution is 9.09. The van der Waals surface area contributed by atoms with Crippen molar-refractivity contribution in [3.05, 3.63) is 60.2 Å². The van der Waals surface area contributed by atoms with Crippen molar-refractivity contribution in [1.29, 1.82) is 0 Å². The second kappa shape index (κ2) is 9.16. The van der Waals surface area contributed by atoms with Crippen LogP contribution in [-0.4, -0.2) is 18.2 Å². The van der Waals surface area contributed by atoms with Crippen molar-refractivity contribution in [3.63, 3.8) is 0 Å². The summed E-state index contributed by atoms with van der Waals surface area (Å²) in [5.74, 6) is 2.78. The normalized spacial score (nSPS) is 12.1. The summed E-state index contributed by atoms with van der Waals surface area (Å²) < 4.78 is 5.44. The minimum Gasteiger partial charge on any atom is -0.496 e. The molecule has 2 aromatic carbocycles. The molecule has 0 saturated heterocycles. The Hall–Kier alpha value is -0.930. The second-order valence-electron chi connectivity index (χ2n) is 4.99. The maximum Gasteiger partial charge on any atom is 0.122 e. The van der Waals surface area contributed by atoms with E-state index < -0.39 is 0 Å². The maximum atomic E-state index is 5.44. The Morgan fingerprint density at radius 1 is 1.05 bits per heavy atom. The molecule has 0 fully saturated rings. The highest BCUT2D eigenvalue weighted by atomic mass is 79.9. The van der Waals surface area contributed by atoms with Gasteiger partial charge in [0.25, 0.3) is 0 Å². The van der Waals surface area contributed by atoms with Gasteiger partial charge in [0.1, 0.15) is 5.75 Å². The summed E-state index contributed by atoms with van der Waals surface area (Å²) in [6, 6.07) is 18.9. The first-order valence-electron chi connectivity index (χ1n) is 7.19. The van der Waals surface area contributed by atoms with Crippen molar-refractivity contribution in [2.24, 2.45) is 5.92 Å². The predicted octanol–water partition coefficient (Wildman–Crippen LogP) is 5.43. The van der Waals surface area contributed by atoms with E-state index in [4.69, 9.17) is 4.74 Å². The van der Waals surface area contributed by atoms with Crippen LogP contribution in [-0.2, 0) is 6.42 Å². The summed E-state index contributed by atoms with van der Waals surface area (Å²) in [5.41, 5.74) is 1.30. The molecule has 2 rings (SSSR count). The van der Waals surface area contributed by atoms with Crippen molar-refractivity contribution in [3.8, 4) is 5.75 Å². The van der Waals surface area contributed by atoms with Crippen LogP contribution in [0.5, 0.6) is 5.75 Å². The lowest BCUT2D eigenvalue weighted by molar-refractivity contribution is 0.405. The van der Waals surface area contributed by atoms with Crippen molar-refractivity contribution >= 4 is 27.7 Å². The Bertz CT molecular complexity index is 530. The summed E-state index contributed by atoms with van der Waals surface area (Å²) in [4.78, 5) is 1.35. The maximum absolute atomic E-state index is 5.44. The van der Waals surface area contributed by atoms with E-state index >= 15 is 0 Å². The third kappa shape index (κ3) is 5.40. The van der Waals surface area contributed by atoms with Gasteiger partial charge < -0.3 is 4.74 Å². The molecule has 1 atom stereocenters. The van der Waals surface area contributed by atoms with E-state index in [1.54, 1.807) is 7.11 Å². The van der Waals surface area contributed by atoms with Crippen LogP contribution in [0.1, 0.15) is 12.0 Å². The molecular formula is C18H21BrOS. The topological polar surface area (TPSA) is 9.23 Å². The van der Waals surface area contributed by atoms with Crippen LogP contribution >= 0.6 is 27.7 Å². The number of benzene rings is 2. The number of alkyl halides is 1. The van der Waals surface area contributed by atoms with Crippen molar-refractivity contribution in [2.75, 3.05) is 18.2 Å². The van der Waals surface area contributed by atoms with Gasteiger partial charge in [-0.25, -0.2) is 0 Å². The number of para-hydroxylation sites is 1. The highest BCUT2D eigenvalue weighted by Crippen LogP contribution is 2.26. The van der Waals surface area contributed by atoms with Gasteiger partial charge in [-0.05, 0) is 48.3 Å².